The molecule has 0 radical (unpaired) electrons. The number of hydrogen-bond donors (Lipinski definition) is 1. The Morgan fingerprint density at radius 2 is 2.15 bits per heavy atom. The lowest BCUT2D eigenvalue weighted by Gasteiger charge is -2.13. The average molecular weight is 181 g/mol. The van der Waals surface area contributed by atoms with Gasteiger partial charge in [-0.05, 0) is 32.3 Å². The number of hydrogen-bond acceptors (Lipinski definition) is 2. The van der Waals surface area contributed by atoms with Gasteiger partial charge in [0.2, 0.25) is 0 Å². The lowest BCUT2D eigenvalue weighted by Crippen LogP contribution is -2.18. The molecule has 1 rings (SSSR count). The van der Waals surface area contributed by atoms with Crippen molar-refractivity contribution in [2.45, 2.75) is 39.2 Å². The van der Waals surface area contributed by atoms with Crippen LogP contribution in [0.15, 0.2) is 6.07 Å². The topological polar surface area (TPSA) is 43.8 Å². The zero-order chi connectivity index (χ0) is 10.0. The van der Waals surface area contributed by atoms with E-state index in [1.807, 2.05) is 25.6 Å². The van der Waals surface area contributed by atoms with E-state index in [-0.39, 0.29) is 6.04 Å². The van der Waals surface area contributed by atoms with Crippen molar-refractivity contribution in [3.63, 3.8) is 0 Å². The van der Waals surface area contributed by atoms with E-state index < -0.39 is 0 Å². The van der Waals surface area contributed by atoms with E-state index in [1.165, 1.54) is 5.69 Å². The maximum Gasteiger partial charge on any atom is 0.0596 e. The monoisotopic (exact) mass is 181 g/mol. The maximum atomic E-state index is 5.76. The van der Waals surface area contributed by atoms with Crippen LogP contribution in [-0.2, 0) is 7.05 Å². The van der Waals surface area contributed by atoms with Gasteiger partial charge in [-0.2, -0.15) is 5.10 Å². The molecule has 13 heavy (non-hydrogen) atoms. The van der Waals surface area contributed by atoms with Crippen molar-refractivity contribution >= 4 is 0 Å². The second-order valence-corrected chi connectivity index (χ2v) is 3.95. The first-order chi connectivity index (χ1) is 6.00. The molecule has 0 fully saturated rings. The Morgan fingerprint density at radius 1 is 1.54 bits per heavy atom. The van der Waals surface area contributed by atoms with Gasteiger partial charge in [0.15, 0.2) is 0 Å². The third-order valence-corrected chi connectivity index (χ3v) is 2.27. The van der Waals surface area contributed by atoms with Crippen LogP contribution in [0.25, 0.3) is 0 Å². The molecule has 0 aliphatic carbocycles. The fraction of sp³-hybridized carbons (Fsp3) is 0.700. The summed E-state index contributed by atoms with van der Waals surface area (Å²) in [5, 5.41) is 4.32. The molecule has 0 aliphatic heterocycles. The quantitative estimate of drug-likeness (QED) is 0.769. The average Bonchev–Trinajstić information content (AvgIpc) is 2.28. The lowest BCUT2D eigenvalue weighted by molar-refractivity contribution is 0.547. The van der Waals surface area contributed by atoms with Gasteiger partial charge in [-0.25, -0.2) is 0 Å². The summed E-state index contributed by atoms with van der Waals surface area (Å²) < 4.78 is 1.95. The van der Waals surface area contributed by atoms with Crippen LogP contribution in [0.2, 0.25) is 0 Å². The van der Waals surface area contributed by atoms with Crippen molar-refractivity contribution in [2.75, 3.05) is 0 Å². The zero-order valence-corrected chi connectivity index (χ0v) is 8.91. The highest BCUT2D eigenvalue weighted by Gasteiger charge is 2.12. The van der Waals surface area contributed by atoms with Gasteiger partial charge >= 0.3 is 0 Å². The van der Waals surface area contributed by atoms with E-state index in [9.17, 15) is 0 Å². The standard InChI is InChI=1S/C10H19N3/c1-7(5-8(2)11)10-6-9(3)12-13(10)4/h6-8H,5,11H2,1-4H3. The van der Waals surface area contributed by atoms with Gasteiger partial charge in [0, 0.05) is 18.8 Å². The first-order valence-electron chi connectivity index (χ1n) is 4.76. The molecule has 0 amide bonds. The minimum absolute atomic E-state index is 0.255. The van der Waals surface area contributed by atoms with Crippen molar-refractivity contribution in [1.29, 1.82) is 0 Å². The third-order valence-electron chi connectivity index (χ3n) is 2.27. The predicted octanol–water partition coefficient (Wildman–Crippen LogP) is 1.57. The summed E-state index contributed by atoms with van der Waals surface area (Å²) in [7, 11) is 1.99. The minimum Gasteiger partial charge on any atom is -0.328 e. The summed E-state index contributed by atoms with van der Waals surface area (Å²) in [5.41, 5.74) is 8.11. The van der Waals surface area contributed by atoms with Gasteiger partial charge in [-0.15, -0.1) is 0 Å². The molecule has 0 spiro atoms. The Balaban J connectivity index is 2.76. The van der Waals surface area contributed by atoms with Crippen LogP contribution in [0, 0.1) is 6.92 Å². The maximum absolute atomic E-state index is 5.76. The number of rotatable bonds is 3. The van der Waals surface area contributed by atoms with Crippen molar-refractivity contribution in [3.8, 4) is 0 Å². The van der Waals surface area contributed by atoms with Crippen molar-refractivity contribution in [1.82, 2.24) is 9.78 Å². The number of nitrogens with two attached hydrogens (primary N) is 1. The van der Waals surface area contributed by atoms with Crippen LogP contribution in [0.5, 0.6) is 0 Å². The van der Waals surface area contributed by atoms with E-state index >= 15 is 0 Å². The van der Waals surface area contributed by atoms with Gasteiger partial charge in [0.05, 0.1) is 5.69 Å². The number of nitrogens with zero attached hydrogens (tertiary/aromatic N) is 2. The summed E-state index contributed by atoms with van der Waals surface area (Å²) in [5.74, 6) is 0.492. The summed E-state index contributed by atoms with van der Waals surface area (Å²) in [6, 6.07) is 2.39. The molecule has 3 heteroatoms. The molecule has 1 heterocycles. The Hall–Kier alpha value is -0.830. The number of aromatic nitrogens is 2. The molecule has 0 saturated heterocycles. The fourth-order valence-electron chi connectivity index (χ4n) is 1.77. The van der Waals surface area contributed by atoms with Crippen LogP contribution < -0.4 is 5.73 Å². The summed E-state index contributed by atoms with van der Waals surface area (Å²) in [6.07, 6.45) is 1.01. The lowest BCUT2D eigenvalue weighted by atomic mass is 9.99. The predicted molar refractivity (Wildman–Crippen MR) is 54.6 cm³/mol. The van der Waals surface area contributed by atoms with Crippen LogP contribution >= 0.6 is 0 Å². The van der Waals surface area contributed by atoms with E-state index in [0.29, 0.717) is 5.92 Å². The van der Waals surface area contributed by atoms with Crippen LogP contribution in [0.1, 0.15) is 37.6 Å². The molecule has 1 aromatic heterocycles. The molecule has 0 saturated carbocycles. The first kappa shape index (κ1) is 10.3. The molecular weight excluding hydrogens is 162 g/mol. The van der Waals surface area contributed by atoms with E-state index in [4.69, 9.17) is 5.73 Å². The number of aryl methyl sites for hydroxylation is 2. The summed E-state index contributed by atoms with van der Waals surface area (Å²) in [4.78, 5) is 0. The SMILES string of the molecule is Cc1cc(C(C)CC(C)N)n(C)n1. The summed E-state index contributed by atoms with van der Waals surface area (Å²) >= 11 is 0. The Bertz CT molecular complexity index is 276. The zero-order valence-electron chi connectivity index (χ0n) is 8.91. The molecule has 0 bridgehead atoms. The molecule has 2 atom stereocenters. The molecule has 74 valence electrons. The molecule has 0 aromatic carbocycles. The highest BCUT2D eigenvalue weighted by Crippen LogP contribution is 2.19. The van der Waals surface area contributed by atoms with E-state index in [0.717, 1.165) is 12.1 Å². The molecule has 3 nitrogen and oxygen atoms in total. The molecule has 2 unspecified atom stereocenters. The van der Waals surface area contributed by atoms with Gasteiger partial charge in [0.25, 0.3) is 0 Å². The van der Waals surface area contributed by atoms with Gasteiger partial charge in [0.1, 0.15) is 0 Å². The summed E-state index contributed by atoms with van der Waals surface area (Å²) in [6.45, 7) is 6.25. The second kappa shape index (κ2) is 3.92. The Morgan fingerprint density at radius 3 is 2.54 bits per heavy atom. The molecule has 0 aliphatic rings. The molecule has 2 N–H and O–H groups in total. The molecular formula is C10H19N3. The van der Waals surface area contributed by atoms with Crippen LogP contribution in [0.3, 0.4) is 0 Å². The first-order valence-corrected chi connectivity index (χ1v) is 4.76. The van der Waals surface area contributed by atoms with Crippen molar-refractivity contribution in [2.24, 2.45) is 12.8 Å². The smallest absolute Gasteiger partial charge is 0.0596 e. The van der Waals surface area contributed by atoms with Crippen molar-refractivity contribution < 1.29 is 0 Å². The van der Waals surface area contributed by atoms with Gasteiger partial charge in [-0.1, -0.05) is 6.92 Å². The van der Waals surface area contributed by atoms with Crippen molar-refractivity contribution in [3.05, 3.63) is 17.5 Å². The third kappa shape index (κ3) is 2.56. The van der Waals surface area contributed by atoms with E-state index in [2.05, 4.69) is 18.1 Å². The minimum atomic E-state index is 0.255. The van der Waals surface area contributed by atoms with Crippen LogP contribution in [0.4, 0.5) is 0 Å². The highest BCUT2D eigenvalue weighted by atomic mass is 15.3. The van der Waals surface area contributed by atoms with Gasteiger partial charge < -0.3 is 5.73 Å². The Kier molecular flexibility index (Phi) is 3.09. The fourth-order valence-corrected chi connectivity index (χ4v) is 1.77. The van der Waals surface area contributed by atoms with E-state index in [1.54, 1.807) is 0 Å². The second-order valence-electron chi connectivity index (χ2n) is 3.95. The largest absolute Gasteiger partial charge is 0.328 e. The van der Waals surface area contributed by atoms with Crippen LogP contribution in [-0.4, -0.2) is 15.8 Å². The molecule has 1 aromatic rings. The Labute approximate surface area is 79.9 Å². The highest BCUT2D eigenvalue weighted by molar-refractivity contribution is 5.13. The normalized spacial score (nSPS) is 15.8. The van der Waals surface area contributed by atoms with Gasteiger partial charge in [-0.3, -0.25) is 4.68 Å².